The van der Waals surface area contributed by atoms with Crippen LogP contribution < -0.4 is 5.32 Å². The molecule has 0 saturated carbocycles. The van der Waals surface area contributed by atoms with E-state index in [0.717, 1.165) is 0 Å². The van der Waals surface area contributed by atoms with Crippen LogP contribution in [0, 0.1) is 0 Å². The molecule has 0 aliphatic carbocycles. The summed E-state index contributed by atoms with van der Waals surface area (Å²) < 4.78 is 26.4. The van der Waals surface area contributed by atoms with Gasteiger partial charge in [0.2, 0.25) is 3.79 Å². The second kappa shape index (κ2) is 6.54. The quantitative estimate of drug-likeness (QED) is 0.486. The number of rotatable bonds is 3. The van der Waals surface area contributed by atoms with Crippen LogP contribution in [-0.2, 0) is 16.4 Å². The first-order valence-corrected chi connectivity index (χ1v) is 9.31. The number of furan rings is 1. The number of sulfone groups is 1. The lowest BCUT2D eigenvalue weighted by atomic mass is 10.2. The van der Waals surface area contributed by atoms with Gasteiger partial charge >= 0.3 is 0 Å². The number of aliphatic imine (C=N–C) groups is 1. The van der Waals surface area contributed by atoms with Crippen LogP contribution in [0.1, 0.15) is 5.76 Å². The van der Waals surface area contributed by atoms with Gasteiger partial charge in [-0.15, -0.1) is 11.6 Å². The van der Waals surface area contributed by atoms with E-state index < -0.39 is 25.0 Å². The van der Waals surface area contributed by atoms with E-state index in [1.54, 1.807) is 12.1 Å². The third-order valence-corrected chi connectivity index (χ3v) is 5.76. The molecular weight excluding hydrogens is 382 g/mol. The summed E-state index contributed by atoms with van der Waals surface area (Å²) in [6.07, 6.45) is 1.51. The summed E-state index contributed by atoms with van der Waals surface area (Å²) >= 11 is 23.6. The molecule has 1 saturated heterocycles. The van der Waals surface area contributed by atoms with Crippen LogP contribution in [-0.4, -0.2) is 41.0 Å². The summed E-state index contributed by atoms with van der Waals surface area (Å²) in [5, 5.41) is 2.22. The molecule has 1 N–H and O–H groups in total. The van der Waals surface area contributed by atoms with E-state index in [1.165, 1.54) is 6.26 Å². The van der Waals surface area contributed by atoms with Gasteiger partial charge in [-0.2, -0.15) is 0 Å². The highest BCUT2D eigenvalue weighted by Crippen LogP contribution is 2.29. The molecule has 5 nitrogen and oxygen atoms in total. The zero-order valence-corrected chi connectivity index (χ0v) is 14.4. The Kier molecular flexibility index (Phi) is 5.36. The highest BCUT2D eigenvalue weighted by atomic mass is 35.6. The molecule has 0 aromatic carbocycles. The summed E-state index contributed by atoms with van der Waals surface area (Å²) in [5.74, 6) is 0.390. The molecule has 2 atom stereocenters. The molecule has 1 aliphatic rings. The maximum absolute atomic E-state index is 11.5. The van der Waals surface area contributed by atoms with Crippen LogP contribution >= 0.6 is 46.4 Å². The third-order valence-electron chi connectivity index (χ3n) is 2.85. The first kappa shape index (κ1) is 17.2. The summed E-state index contributed by atoms with van der Waals surface area (Å²) in [5.41, 5.74) is 0. The van der Waals surface area contributed by atoms with Gasteiger partial charge in [-0.1, -0.05) is 34.8 Å². The van der Waals surface area contributed by atoms with Crippen molar-refractivity contribution in [2.24, 2.45) is 4.99 Å². The number of nitrogens with one attached hydrogen (secondary N) is 1. The normalized spacial score (nSPS) is 26.0. The first-order valence-electron chi connectivity index (χ1n) is 5.92. The number of nitrogens with zero attached hydrogens (tertiary/aromatic N) is 1. The van der Waals surface area contributed by atoms with Crippen molar-refractivity contribution in [2.45, 2.75) is 21.8 Å². The van der Waals surface area contributed by atoms with Crippen molar-refractivity contribution in [1.82, 2.24) is 5.32 Å². The molecule has 2 unspecified atom stereocenters. The van der Waals surface area contributed by atoms with Crippen molar-refractivity contribution in [3.8, 4) is 0 Å². The number of halogens is 4. The van der Waals surface area contributed by atoms with E-state index in [2.05, 4.69) is 10.3 Å². The fraction of sp³-hybridized carbons (Fsp3) is 0.545. The zero-order chi connectivity index (χ0) is 15.7. The number of alkyl halides is 4. The van der Waals surface area contributed by atoms with Crippen LogP contribution in [0.4, 0.5) is 0 Å². The van der Waals surface area contributed by atoms with Crippen LogP contribution in [0.25, 0.3) is 0 Å². The summed E-state index contributed by atoms with van der Waals surface area (Å²) in [6, 6.07) is 2.89. The second-order valence-electron chi connectivity index (χ2n) is 4.59. The Morgan fingerprint density at radius 3 is 2.62 bits per heavy atom. The molecule has 2 heterocycles. The third kappa shape index (κ3) is 4.93. The van der Waals surface area contributed by atoms with E-state index in [4.69, 9.17) is 50.8 Å². The predicted molar refractivity (Wildman–Crippen MR) is 85.4 cm³/mol. The number of amidine groups is 1. The van der Waals surface area contributed by atoms with Crippen LogP contribution in [0.2, 0.25) is 0 Å². The molecule has 10 heteroatoms. The van der Waals surface area contributed by atoms with Gasteiger partial charge in [-0.3, -0.25) is 4.99 Å². The average Bonchev–Trinajstić information content (AvgIpc) is 2.91. The van der Waals surface area contributed by atoms with Crippen LogP contribution in [0.15, 0.2) is 27.8 Å². The SMILES string of the molecule is O=S1(=O)CC(Cl)C(NC(=NCc2ccco2)C(Cl)(Cl)Cl)C1. The molecule has 1 fully saturated rings. The molecule has 1 aliphatic heterocycles. The minimum atomic E-state index is -3.19. The number of hydrogen-bond donors (Lipinski definition) is 1. The van der Waals surface area contributed by atoms with Crippen molar-refractivity contribution in [3.05, 3.63) is 24.2 Å². The van der Waals surface area contributed by atoms with E-state index >= 15 is 0 Å². The molecule has 1 aromatic heterocycles. The Hall–Kier alpha value is -0.140. The Bertz CT molecular complexity index is 610. The Labute approximate surface area is 142 Å². The monoisotopic (exact) mass is 392 g/mol. The topological polar surface area (TPSA) is 71.7 Å². The van der Waals surface area contributed by atoms with Crippen molar-refractivity contribution >= 4 is 62.1 Å². The summed E-state index contributed by atoms with van der Waals surface area (Å²) in [4.78, 5) is 4.15. The standard InChI is InChI=1S/C11H12Cl4N2O3S/c12-8-5-21(18,19)6-9(8)17-10(11(13,14)15)16-4-7-2-1-3-20-7/h1-3,8-9H,4-6H2,(H,16,17). The zero-order valence-electron chi connectivity index (χ0n) is 10.6. The molecule has 1 aromatic rings. The van der Waals surface area contributed by atoms with Gasteiger partial charge in [-0.25, -0.2) is 8.42 Å². The Balaban J connectivity index is 2.12. The van der Waals surface area contributed by atoms with Gasteiger partial charge in [0, 0.05) is 0 Å². The molecule has 0 spiro atoms. The van der Waals surface area contributed by atoms with E-state index in [0.29, 0.717) is 5.76 Å². The maximum atomic E-state index is 11.5. The molecule has 2 rings (SSSR count). The highest BCUT2D eigenvalue weighted by molar-refractivity contribution is 7.91. The predicted octanol–water partition coefficient (Wildman–Crippen LogP) is 2.54. The smallest absolute Gasteiger partial charge is 0.247 e. The Morgan fingerprint density at radius 2 is 2.14 bits per heavy atom. The molecule has 0 amide bonds. The van der Waals surface area contributed by atoms with Crippen molar-refractivity contribution in [2.75, 3.05) is 11.5 Å². The van der Waals surface area contributed by atoms with Crippen LogP contribution in [0.5, 0.6) is 0 Å². The second-order valence-corrected chi connectivity index (χ2v) is 9.58. The summed E-state index contributed by atoms with van der Waals surface area (Å²) in [7, 11) is -3.19. The molecule has 118 valence electrons. The van der Waals surface area contributed by atoms with Crippen molar-refractivity contribution in [3.63, 3.8) is 0 Å². The van der Waals surface area contributed by atoms with Gasteiger partial charge in [-0.05, 0) is 12.1 Å². The van der Waals surface area contributed by atoms with Gasteiger partial charge in [0.1, 0.15) is 11.6 Å². The molecule has 21 heavy (non-hydrogen) atoms. The van der Waals surface area contributed by atoms with Crippen molar-refractivity contribution < 1.29 is 12.8 Å². The van der Waals surface area contributed by atoms with Gasteiger partial charge in [0.05, 0.1) is 35.7 Å². The largest absolute Gasteiger partial charge is 0.467 e. The van der Waals surface area contributed by atoms with E-state index in [9.17, 15) is 8.42 Å². The lowest BCUT2D eigenvalue weighted by molar-refractivity contribution is 0.512. The van der Waals surface area contributed by atoms with E-state index in [1.807, 2.05) is 0 Å². The summed E-state index contributed by atoms with van der Waals surface area (Å²) in [6.45, 7) is 0.162. The fourth-order valence-electron chi connectivity index (χ4n) is 1.89. The average molecular weight is 394 g/mol. The minimum absolute atomic E-state index is 0.0386. The lowest BCUT2D eigenvalue weighted by Crippen LogP contribution is -2.46. The Morgan fingerprint density at radius 1 is 1.43 bits per heavy atom. The van der Waals surface area contributed by atoms with Gasteiger partial charge in [0.25, 0.3) is 0 Å². The van der Waals surface area contributed by atoms with E-state index in [-0.39, 0.29) is 23.9 Å². The van der Waals surface area contributed by atoms with Gasteiger partial charge in [0.15, 0.2) is 9.84 Å². The fourth-order valence-corrected chi connectivity index (χ4v) is 4.78. The van der Waals surface area contributed by atoms with Gasteiger partial charge < -0.3 is 9.73 Å². The molecule has 0 radical (unpaired) electrons. The maximum Gasteiger partial charge on any atom is 0.247 e. The highest BCUT2D eigenvalue weighted by Gasteiger charge is 2.39. The molecular formula is C11H12Cl4N2O3S. The lowest BCUT2D eigenvalue weighted by Gasteiger charge is -2.22. The van der Waals surface area contributed by atoms with Crippen molar-refractivity contribution in [1.29, 1.82) is 0 Å². The molecule has 0 bridgehead atoms. The minimum Gasteiger partial charge on any atom is -0.467 e. The van der Waals surface area contributed by atoms with Crippen LogP contribution in [0.3, 0.4) is 0 Å². The number of hydrogen-bond acceptors (Lipinski definition) is 4. The first-order chi connectivity index (χ1) is 9.67.